The van der Waals surface area contributed by atoms with Gasteiger partial charge < -0.3 is 10.2 Å². The maximum absolute atomic E-state index is 10.4. The predicted octanol–water partition coefficient (Wildman–Crippen LogP) is 1.26. The summed E-state index contributed by atoms with van der Waals surface area (Å²) in [6.45, 7) is 0. The second-order valence-corrected chi connectivity index (χ2v) is 4.50. The molecule has 2 rings (SSSR count). The highest BCUT2D eigenvalue weighted by Gasteiger charge is 2.42. The van der Waals surface area contributed by atoms with Gasteiger partial charge in [0.05, 0.1) is 12.5 Å². The van der Waals surface area contributed by atoms with Crippen molar-refractivity contribution >= 4 is 5.97 Å². The fraction of sp³-hybridized carbons (Fsp3) is 0.900. The van der Waals surface area contributed by atoms with Crippen LogP contribution < -0.4 is 0 Å². The van der Waals surface area contributed by atoms with Crippen LogP contribution in [0.15, 0.2) is 0 Å². The Kier molecular flexibility index (Phi) is 2.28. The summed E-state index contributed by atoms with van der Waals surface area (Å²) in [7, 11) is 0. The van der Waals surface area contributed by atoms with Crippen molar-refractivity contribution in [3.05, 3.63) is 0 Å². The lowest BCUT2D eigenvalue weighted by atomic mass is 9.83. The van der Waals surface area contributed by atoms with E-state index in [1.54, 1.807) is 0 Å². The first-order valence-corrected chi connectivity index (χ1v) is 5.06. The molecule has 2 aliphatic rings. The lowest BCUT2D eigenvalue weighted by Crippen LogP contribution is -2.27. The molecule has 0 radical (unpaired) electrons. The lowest BCUT2D eigenvalue weighted by Gasteiger charge is -2.25. The number of rotatable bonds is 3. The van der Waals surface area contributed by atoms with Crippen LogP contribution in [0, 0.1) is 17.8 Å². The highest BCUT2D eigenvalue weighted by molar-refractivity contribution is 5.67. The summed E-state index contributed by atoms with van der Waals surface area (Å²) < 4.78 is 0. The Balaban J connectivity index is 1.91. The Morgan fingerprint density at radius 2 is 2.15 bits per heavy atom. The Morgan fingerprint density at radius 1 is 1.38 bits per heavy atom. The lowest BCUT2D eigenvalue weighted by molar-refractivity contribution is -0.140. The largest absolute Gasteiger partial charge is 0.481 e. The van der Waals surface area contributed by atoms with E-state index in [0.717, 1.165) is 12.3 Å². The van der Waals surface area contributed by atoms with Crippen LogP contribution in [0.25, 0.3) is 0 Å². The normalized spacial score (nSPS) is 39.3. The average Bonchev–Trinajstić information content (AvgIpc) is 2.62. The number of aliphatic hydroxyl groups is 1. The van der Waals surface area contributed by atoms with Crippen molar-refractivity contribution in [1.82, 2.24) is 0 Å². The van der Waals surface area contributed by atoms with Gasteiger partial charge in [-0.05, 0) is 37.0 Å². The van der Waals surface area contributed by atoms with Crippen molar-refractivity contribution in [2.45, 2.75) is 38.2 Å². The van der Waals surface area contributed by atoms with Crippen LogP contribution in [-0.2, 0) is 4.79 Å². The van der Waals surface area contributed by atoms with Crippen molar-refractivity contribution in [3.8, 4) is 0 Å². The van der Waals surface area contributed by atoms with Crippen molar-refractivity contribution in [2.75, 3.05) is 0 Å². The number of hydrogen-bond acceptors (Lipinski definition) is 2. The van der Waals surface area contributed by atoms with Crippen molar-refractivity contribution in [3.63, 3.8) is 0 Å². The van der Waals surface area contributed by atoms with Crippen molar-refractivity contribution < 1.29 is 15.0 Å². The highest BCUT2D eigenvalue weighted by Crippen LogP contribution is 2.49. The number of fused-ring (bicyclic) bond motifs is 2. The number of carboxylic acids is 1. The second kappa shape index (κ2) is 3.29. The summed E-state index contributed by atoms with van der Waals surface area (Å²) in [6, 6.07) is 0. The van der Waals surface area contributed by atoms with Crippen molar-refractivity contribution in [1.29, 1.82) is 0 Å². The van der Waals surface area contributed by atoms with E-state index in [1.807, 2.05) is 0 Å². The summed E-state index contributed by atoms with van der Waals surface area (Å²) in [6.07, 6.45) is 4.09. The summed E-state index contributed by atoms with van der Waals surface area (Å²) in [5.74, 6) is 0.780. The van der Waals surface area contributed by atoms with E-state index >= 15 is 0 Å². The van der Waals surface area contributed by atoms with Gasteiger partial charge in [0.1, 0.15) is 0 Å². The number of hydrogen-bond donors (Lipinski definition) is 2. The van der Waals surface area contributed by atoms with E-state index in [9.17, 15) is 9.90 Å². The minimum atomic E-state index is -0.879. The molecule has 2 aliphatic carbocycles. The molecule has 0 spiro atoms. The fourth-order valence-electron chi connectivity index (χ4n) is 3.10. The Bertz CT molecular complexity index is 214. The van der Waals surface area contributed by atoms with Gasteiger partial charge in [-0.15, -0.1) is 0 Å². The molecule has 4 atom stereocenters. The second-order valence-electron chi connectivity index (χ2n) is 4.50. The molecule has 0 amide bonds. The molecular weight excluding hydrogens is 168 g/mol. The third-order valence-electron chi connectivity index (χ3n) is 3.67. The third kappa shape index (κ3) is 1.70. The number of carboxylic acid groups (broad SMARTS) is 1. The summed E-state index contributed by atoms with van der Waals surface area (Å²) >= 11 is 0. The van der Waals surface area contributed by atoms with Gasteiger partial charge in [-0.1, -0.05) is 6.42 Å². The topological polar surface area (TPSA) is 57.5 Å². The molecule has 13 heavy (non-hydrogen) atoms. The fourth-order valence-corrected chi connectivity index (χ4v) is 3.10. The predicted molar refractivity (Wildman–Crippen MR) is 47.2 cm³/mol. The molecule has 0 saturated heterocycles. The highest BCUT2D eigenvalue weighted by atomic mass is 16.4. The van der Waals surface area contributed by atoms with Crippen LogP contribution >= 0.6 is 0 Å². The SMILES string of the molecule is O=C(O)CC(O)C1CC2CCC1C2. The molecule has 2 bridgehead atoms. The first kappa shape index (κ1) is 9.00. The first-order valence-electron chi connectivity index (χ1n) is 5.06. The van der Waals surface area contributed by atoms with E-state index in [2.05, 4.69) is 0 Å². The van der Waals surface area contributed by atoms with E-state index < -0.39 is 12.1 Å². The molecule has 3 heteroatoms. The number of aliphatic carboxylic acids is 1. The molecule has 3 nitrogen and oxygen atoms in total. The number of carbonyl (C=O) groups is 1. The molecule has 0 aromatic carbocycles. The quantitative estimate of drug-likeness (QED) is 0.694. The van der Waals surface area contributed by atoms with Gasteiger partial charge in [0, 0.05) is 0 Å². The summed E-state index contributed by atoms with van der Waals surface area (Å²) in [5.41, 5.74) is 0. The first-order chi connectivity index (χ1) is 6.16. The van der Waals surface area contributed by atoms with Crippen molar-refractivity contribution in [2.24, 2.45) is 17.8 Å². The molecule has 0 aliphatic heterocycles. The smallest absolute Gasteiger partial charge is 0.305 e. The Hall–Kier alpha value is -0.570. The van der Waals surface area contributed by atoms with E-state index in [1.165, 1.54) is 19.3 Å². The van der Waals surface area contributed by atoms with Gasteiger partial charge in [0.25, 0.3) is 0 Å². The molecule has 0 aromatic rings. The van der Waals surface area contributed by atoms with Crippen LogP contribution in [0.4, 0.5) is 0 Å². The molecule has 74 valence electrons. The van der Waals surface area contributed by atoms with E-state index in [0.29, 0.717) is 5.92 Å². The molecule has 0 heterocycles. The average molecular weight is 184 g/mol. The van der Waals surface area contributed by atoms with Gasteiger partial charge in [0.2, 0.25) is 0 Å². The van der Waals surface area contributed by atoms with Crippen LogP contribution in [0.3, 0.4) is 0 Å². The van der Waals surface area contributed by atoms with Crippen LogP contribution in [0.5, 0.6) is 0 Å². The molecule has 2 N–H and O–H groups in total. The molecule has 0 aromatic heterocycles. The molecule has 2 saturated carbocycles. The Labute approximate surface area is 77.8 Å². The monoisotopic (exact) mass is 184 g/mol. The van der Waals surface area contributed by atoms with Crippen LogP contribution in [0.2, 0.25) is 0 Å². The van der Waals surface area contributed by atoms with Gasteiger partial charge in [-0.2, -0.15) is 0 Å². The minimum absolute atomic E-state index is 0.0755. The van der Waals surface area contributed by atoms with Gasteiger partial charge in [-0.25, -0.2) is 0 Å². The van der Waals surface area contributed by atoms with Crippen LogP contribution in [0.1, 0.15) is 32.1 Å². The van der Waals surface area contributed by atoms with Crippen LogP contribution in [-0.4, -0.2) is 22.3 Å². The maximum atomic E-state index is 10.4. The summed E-state index contributed by atoms with van der Waals surface area (Å²) in [5, 5.41) is 18.2. The Morgan fingerprint density at radius 3 is 2.62 bits per heavy atom. The van der Waals surface area contributed by atoms with E-state index in [4.69, 9.17) is 5.11 Å². The standard InChI is InChI=1S/C10H16O3/c11-9(5-10(12)13)8-4-6-1-2-7(8)3-6/h6-9,11H,1-5H2,(H,12,13). The maximum Gasteiger partial charge on any atom is 0.305 e. The van der Waals surface area contributed by atoms with E-state index in [-0.39, 0.29) is 12.3 Å². The van der Waals surface area contributed by atoms with Gasteiger partial charge in [-0.3, -0.25) is 4.79 Å². The zero-order valence-corrected chi connectivity index (χ0v) is 7.65. The molecule has 2 fully saturated rings. The van der Waals surface area contributed by atoms with Gasteiger partial charge >= 0.3 is 5.97 Å². The summed E-state index contributed by atoms with van der Waals surface area (Å²) in [4.78, 5) is 10.4. The zero-order valence-electron chi connectivity index (χ0n) is 7.65. The molecular formula is C10H16O3. The zero-order chi connectivity index (χ0) is 9.42. The number of aliphatic hydroxyl groups excluding tert-OH is 1. The van der Waals surface area contributed by atoms with Gasteiger partial charge in [0.15, 0.2) is 0 Å². The minimum Gasteiger partial charge on any atom is -0.481 e. The third-order valence-corrected chi connectivity index (χ3v) is 3.67. The molecule has 4 unspecified atom stereocenters.